The van der Waals surface area contributed by atoms with Crippen molar-refractivity contribution in [3.05, 3.63) is 11.4 Å². The average molecular weight is 251 g/mol. The summed E-state index contributed by atoms with van der Waals surface area (Å²) in [5.74, 6) is -2.28. The van der Waals surface area contributed by atoms with Crippen molar-refractivity contribution in [2.45, 2.75) is 32.5 Å². The molecule has 0 spiro atoms. The van der Waals surface area contributed by atoms with Crippen molar-refractivity contribution in [3.63, 3.8) is 0 Å². The van der Waals surface area contributed by atoms with Crippen LogP contribution in [0.5, 0.6) is 0 Å². The summed E-state index contributed by atoms with van der Waals surface area (Å²) >= 11 is 0. The second kappa shape index (κ2) is 3.94. The summed E-state index contributed by atoms with van der Waals surface area (Å²) < 4.78 is 40.6. The summed E-state index contributed by atoms with van der Waals surface area (Å²) in [4.78, 5) is 10.7. The molecule has 0 radical (unpaired) electrons. The second-order valence-electron chi connectivity index (χ2n) is 4.01. The third-order valence-corrected chi connectivity index (χ3v) is 2.14. The Balaban J connectivity index is 2.97. The van der Waals surface area contributed by atoms with Gasteiger partial charge in [0.15, 0.2) is 5.60 Å². The van der Waals surface area contributed by atoms with Crippen LogP contribution in [0.4, 0.5) is 18.9 Å². The van der Waals surface area contributed by atoms with Gasteiger partial charge in [0.2, 0.25) is 0 Å². The molecular formula is C9H12F3N3O2. The van der Waals surface area contributed by atoms with Gasteiger partial charge in [-0.25, -0.2) is 4.79 Å². The molecule has 0 aliphatic rings. The fraction of sp³-hybridized carbons (Fsp3) is 0.556. The summed E-state index contributed by atoms with van der Waals surface area (Å²) in [6.45, 7) is 4.17. The number of anilines is 1. The van der Waals surface area contributed by atoms with Gasteiger partial charge in [0, 0.05) is 0 Å². The van der Waals surface area contributed by atoms with E-state index in [4.69, 9.17) is 5.73 Å². The van der Waals surface area contributed by atoms with E-state index in [2.05, 4.69) is 14.9 Å². The SMILES string of the molecule is Cc1[nH]nc(C(C)(C)OC(=O)C(F)(F)F)c1N. The molecule has 8 heteroatoms. The molecule has 96 valence electrons. The van der Waals surface area contributed by atoms with Crippen LogP contribution in [0.25, 0.3) is 0 Å². The standard InChI is InChI=1S/C9H12F3N3O2/c1-4-5(13)6(15-14-4)8(2,3)17-7(16)9(10,11)12/h13H2,1-3H3,(H,14,15). The van der Waals surface area contributed by atoms with Crippen LogP contribution in [-0.2, 0) is 15.1 Å². The highest BCUT2D eigenvalue weighted by Crippen LogP contribution is 2.31. The van der Waals surface area contributed by atoms with Crippen LogP contribution in [0, 0.1) is 6.92 Å². The summed E-state index contributed by atoms with van der Waals surface area (Å²) in [7, 11) is 0. The van der Waals surface area contributed by atoms with Gasteiger partial charge in [0.25, 0.3) is 0 Å². The number of alkyl halides is 3. The normalized spacial score (nSPS) is 12.6. The van der Waals surface area contributed by atoms with Gasteiger partial charge in [0.1, 0.15) is 5.69 Å². The summed E-state index contributed by atoms with van der Waals surface area (Å²) in [6.07, 6.45) is -5.04. The largest absolute Gasteiger partial charge is 0.490 e. The van der Waals surface area contributed by atoms with Crippen LogP contribution >= 0.6 is 0 Å². The Morgan fingerprint density at radius 1 is 1.41 bits per heavy atom. The number of nitrogens with one attached hydrogen (secondary N) is 1. The number of aryl methyl sites for hydroxylation is 1. The van der Waals surface area contributed by atoms with Gasteiger partial charge in [-0.15, -0.1) is 0 Å². The lowest BCUT2D eigenvalue weighted by Crippen LogP contribution is -2.34. The van der Waals surface area contributed by atoms with Gasteiger partial charge in [0.05, 0.1) is 11.4 Å². The van der Waals surface area contributed by atoms with Crippen LogP contribution in [-0.4, -0.2) is 22.3 Å². The van der Waals surface area contributed by atoms with E-state index in [1.807, 2.05) is 0 Å². The molecule has 0 saturated carbocycles. The number of carbonyl (C=O) groups is 1. The highest BCUT2D eigenvalue weighted by molar-refractivity contribution is 5.76. The van der Waals surface area contributed by atoms with Crippen molar-refractivity contribution < 1.29 is 22.7 Å². The molecular weight excluding hydrogens is 239 g/mol. The van der Waals surface area contributed by atoms with E-state index in [-0.39, 0.29) is 11.4 Å². The number of ether oxygens (including phenoxy) is 1. The molecule has 1 heterocycles. The van der Waals surface area contributed by atoms with Crippen molar-refractivity contribution in [1.29, 1.82) is 0 Å². The number of rotatable bonds is 2. The number of hydrogen-bond acceptors (Lipinski definition) is 4. The van der Waals surface area contributed by atoms with Gasteiger partial charge >= 0.3 is 12.1 Å². The van der Waals surface area contributed by atoms with E-state index in [1.54, 1.807) is 6.92 Å². The first-order valence-electron chi connectivity index (χ1n) is 4.67. The highest BCUT2D eigenvalue weighted by Gasteiger charge is 2.45. The van der Waals surface area contributed by atoms with Crippen LogP contribution in [0.2, 0.25) is 0 Å². The molecule has 1 aromatic heterocycles. The van der Waals surface area contributed by atoms with E-state index in [9.17, 15) is 18.0 Å². The zero-order chi connectivity index (χ0) is 13.4. The topological polar surface area (TPSA) is 81.0 Å². The van der Waals surface area contributed by atoms with E-state index in [0.717, 1.165) is 0 Å². The highest BCUT2D eigenvalue weighted by atomic mass is 19.4. The number of aromatic nitrogens is 2. The monoisotopic (exact) mass is 251 g/mol. The molecule has 17 heavy (non-hydrogen) atoms. The number of hydrogen-bond donors (Lipinski definition) is 2. The van der Waals surface area contributed by atoms with Gasteiger partial charge in [-0.05, 0) is 20.8 Å². The fourth-order valence-electron chi connectivity index (χ4n) is 1.23. The van der Waals surface area contributed by atoms with Gasteiger partial charge in [-0.2, -0.15) is 18.3 Å². The van der Waals surface area contributed by atoms with Crippen LogP contribution in [0.1, 0.15) is 25.2 Å². The van der Waals surface area contributed by atoms with Gasteiger partial charge in [-0.3, -0.25) is 5.10 Å². The number of halogens is 3. The van der Waals surface area contributed by atoms with E-state index >= 15 is 0 Å². The van der Waals surface area contributed by atoms with Gasteiger partial charge < -0.3 is 10.5 Å². The predicted molar refractivity (Wildman–Crippen MR) is 52.9 cm³/mol. The molecule has 1 aromatic rings. The Morgan fingerprint density at radius 3 is 2.29 bits per heavy atom. The van der Waals surface area contributed by atoms with E-state index in [1.165, 1.54) is 13.8 Å². The molecule has 0 amide bonds. The number of nitrogens with two attached hydrogens (primary N) is 1. The number of nitrogen functional groups attached to an aromatic ring is 1. The lowest BCUT2D eigenvalue weighted by Gasteiger charge is -2.24. The Morgan fingerprint density at radius 2 is 1.94 bits per heavy atom. The summed E-state index contributed by atoms with van der Waals surface area (Å²) in [6, 6.07) is 0. The minimum Gasteiger partial charge on any atom is -0.446 e. The lowest BCUT2D eigenvalue weighted by molar-refractivity contribution is -0.212. The molecule has 3 N–H and O–H groups in total. The second-order valence-corrected chi connectivity index (χ2v) is 4.01. The summed E-state index contributed by atoms with van der Waals surface area (Å²) in [5.41, 5.74) is 4.78. The summed E-state index contributed by atoms with van der Waals surface area (Å²) in [5, 5.41) is 6.23. The van der Waals surface area contributed by atoms with Crippen molar-refractivity contribution in [2.75, 3.05) is 5.73 Å². The first-order valence-corrected chi connectivity index (χ1v) is 4.67. The van der Waals surface area contributed by atoms with Crippen molar-refractivity contribution in [2.24, 2.45) is 0 Å². The number of H-pyrrole nitrogens is 1. The average Bonchev–Trinajstić information content (AvgIpc) is 2.45. The number of nitrogens with zero attached hydrogens (tertiary/aromatic N) is 1. The molecule has 0 fully saturated rings. The Kier molecular flexibility index (Phi) is 3.09. The van der Waals surface area contributed by atoms with E-state index in [0.29, 0.717) is 5.69 Å². The molecule has 5 nitrogen and oxygen atoms in total. The predicted octanol–water partition coefficient (Wildman–Crippen LogP) is 1.64. The van der Waals surface area contributed by atoms with Crippen molar-refractivity contribution >= 4 is 11.7 Å². The lowest BCUT2D eigenvalue weighted by atomic mass is 10.0. The maximum Gasteiger partial charge on any atom is 0.490 e. The van der Waals surface area contributed by atoms with Crippen LogP contribution in [0.3, 0.4) is 0 Å². The maximum atomic E-state index is 12.1. The quantitative estimate of drug-likeness (QED) is 0.783. The molecule has 0 unspecified atom stereocenters. The Labute approximate surface area is 95.1 Å². The van der Waals surface area contributed by atoms with Crippen molar-refractivity contribution in [3.8, 4) is 0 Å². The zero-order valence-electron chi connectivity index (χ0n) is 9.47. The smallest absolute Gasteiger partial charge is 0.446 e. The van der Waals surface area contributed by atoms with Crippen LogP contribution < -0.4 is 5.73 Å². The maximum absolute atomic E-state index is 12.1. The minimum atomic E-state index is -5.04. The molecule has 0 aliphatic carbocycles. The van der Waals surface area contributed by atoms with E-state index < -0.39 is 17.7 Å². The van der Waals surface area contributed by atoms with Crippen LogP contribution in [0.15, 0.2) is 0 Å². The molecule has 1 rings (SSSR count). The third kappa shape index (κ3) is 2.69. The molecule has 0 aromatic carbocycles. The number of aromatic amines is 1. The Bertz CT molecular complexity index is 437. The fourth-order valence-corrected chi connectivity index (χ4v) is 1.23. The first-order chi connectivity index (χ1) is 7.55. The molecule has 0 atom stereocenters. The first kappa shape index (κ1) is 13.3. The third-order valence-electron chi connectivity index (χ3n) is 2.14. The zero-order valence-corrected chi connectivity index (χ0v) is 9.47. The minimum absolute atomic E-state index is 0.0626. The van der Waals surface area contributed by atoms with Gasteiger partial charge in [-0.1, -0.05) is 0 Å². The number of esters is 1. The molecule has 0 aliphatic heterocycles. The molecule has 0 bridgehead atoms. The van der Waals surface area contributed by atoms with Crippen molar-refractivity contribution in [1.82, 2.24) is 10.2 Å². The molecule has 0 saturated heterocycles. The number of carbonyl (C=O) groups excluding carboxylic acids is 1. The Hall–Kier alpha value is -1.73.